The highest BCUT2D eigenvalue weighted by atomic mass is 32.1. The lowest BCUT2D eigenvalue weighted by molar-refractivity contribution is 0.0700. The van der Waals surface area contributed by atoms with Crippen molar-refractivity contribution in [3.63, 3.8) is 0 Å². The van der Waals surface area contributed by atoms with Gasteiger partial charge in [-0.05, 0) is 24.6 Å². The van der Waals surface area contributed by atoms with Gasteiger partial charge < -0.3 is 10.0 Å². The number of hydrogen-bond acceptors (Lipinski definition) is 4. The molecule has 0 spiro atoms. The lowest BCUT2D eigenvalue weighted by atomic mass is 10.2. The van der Waals surface area contributed by atoms with Crippen LogP contribution in [0.2, 0.25) is 0 Å². The van der Waals surface area contributed by atoms with E-state index in [1.165, 1.54) is 12.1 Å². The molecule has 4 nitrogen and oxygen atoms in total. The zero-order chi connectivity index (χ0) is 14.7. The SMILES string of the molecule is CCCc1nc(N(C)c2cccc(F)c2)sc1C(=O)O. The minimum absolute atomic E-state index is 0.255. The van der Waals surface area contributed by atoms with Gasteiger partial charge in [0.15, 0.2) is 5.13 Å². The molecule has 1 aromatic heterocycles. The highest BCUT2D eigenvalue weighted by Gasteiger charge is 2.19. The third kappa shape index (κ3) is 2.96. The fourth-order valence-corrected chi connectivity index (χ4v) is 2.78. The van der Waals surface area contributed by atoms with Crippen molar-refractivity contribution in [1.29, 1.82) is 0 Å². The van der Waals surface area contributed by atoms with Gasteiger partial charge in [-0.25, -0.2) is 14.2 Å². The zero-order valence-electron chi connectivity index (χ0n) is 11.3. The smallest absolute Gasteiger partial charge is 0.347 e. The molecule has 0 aliphatic rings. The van der Waals surface area contributed by atoms with Crippen molar-refractivity contribution >= 4 is 28.1 Å². The number of aryl methyl sites for hydroxylation is 1. The summed E-state index contributed by atoms with van der Waals surface area (Å²) < 4.78 is 13.2. The number of anilines is 2. The molecule has 0 radical (unpaired) electrons. The van der Waals surface area contributed by atoms with E-state index in [0.717, 1.165) is 17.8 Å². The maximum absolute atomic E-state index is 13.2. The zero-order valence-corrected chi connectivity index (χ0v) is 12.1. The molecule has 106 valence electrons. The summed E-state index contributed by atoms with van der Waals surface area (Å²) in [6.07, 6.45) is 1.45. The van der Waals surface area contributed by atoms with E-state index < -0.39 is 5.97 Å². The average Bonchev–Trinajstić information content (AvgIpc) is 2.82. The van der Waals surface area contributed by atoms with Gasteiger partial charge >= 0.3 is 5.97 Å². The Labute approximate surface area is 120 Å². The first kappa shape index (κ1) is 14.5. The van der Waals surface area contributed by atoms with E-state index in [2.05, 4.69) is 4.98 Å². The highest BCUT2D eigenvalue weighted by molar-refractivity contribution is 7.17. The first-order valence-corrected chi connectivity index (χ1v) is 7.07. The molecule has 1 aromatic carbocycles. The minimum Gasteiger partial charge on any atom is -0.477 e. The fourth-order valence-electron chi connectivity index (χ4n) is 1.85. The molecule has 6 heteroatoms. The number of thiazole rings is 1. The van der Waals surface area contributed by atoms with Crippen LogP contribution in [-0.2, 0) is 6.42 Å². The number of carbonyl (C=O) groups is 1. The van der Waals surface area contributed by atoms with Crippen LogP contribution in [0.4, 0.5) is 15.2 Å². The summed E-state index contributed by atoms with van der Waals surface area (Å²) in [4.78, 5) is 17.5. The molecule has 0 bridgehead atoms. The Morgan fingerprint density at radius 2 is 2.25 bits per heavy atom. The van der Waals surface area contributed by atoms with E-state index in [-0.39, 0.29) is 10.7 Å². The molecule has 0 unspecified atom stereocenters. The van der Waals surface area contributed by atoms with E-state index >= 15 is 0 Å². The van der Waals surface area contributed by atoms with Crippen molar-refractivity contribution in [2.45, 2.75) is 19.8 Å². The number of carboxylic acids is 1. The molecule has 0 saturated carbocycles. The first-order valence-electron chi connectivity index (χ1n) is 6.25. The maximum Gasteiger partial charge on any atom is 0.347 e. The van der Waals surface area contributed by atoms with E-state index in [9.17, 15) is 14.3 Å². The van der Waals surface area contributed by atoms with Crippen LogP contribution in [0.25, 0.3) is 0 Å². The first-order chi connectivity index (χ1) is 9.52. The predicted octanol–water partition coefficient (Wildman–Crippen LogP) is 3.70. The van der Waals surface area contributed by atoms with Gasteiger partial charge in [0.05, 0.1) is 5.69 Å². The Kier molecular flexibility index (Phi) is 4.34. The van der Waals surface area contributed by atoms with Crippen LogP contribution in [0.5, 0.6) is 0 Å². The predicted molar refractivity (Wildman–Crippen MR) is 77.5 cm³/mol. The third-order valence-corrected chi connectivity index (χ3v) is 4.01. The average molecular weight is 294 g/mol. The quantitative estimate of drug-likeness (QED) is 0.913. The summed E-state index contributed by atoms with van der Waals surface area (Å²) in [5.41, 5.74) is 1.22. The van der Waals surface area contributed by atoms with Crippen LogP contribution in [0.3, 0.4) is 0 Å². The number of rotatable bonds is 5. The van der Waals surface area contributed by atoms with Gasteiger partial charge in [0, 0.05) is 12.7 Å². The molecule has 0 aliphatic heterocycles. The Balaban J connectivity index is 2.37. The molecule has 20 heavy (non-hydrogen) atoms. The van der Waals surface area contributed by atoms with Gasteiger partial charge in [0.25, 0.3) is 0 Å². The number of halogens is 1. The third-order valence-electron chi connectivity index (χ3n) is 2.85. The summed E-state index contributed by atoms with van der Waals surface area (Å²) in [7, 11) is 1.75. The molecular formula is C14H15FN2O2S. The molecule has 0 atom stereocenters. The van der Waals surface area contributed by atoms with Gasteiger partial charge in [-0.3, -0.25) is 0 Å². The van der Waals surface area contributed by atoms with Crippen LogP contribution in [-0.4, -0.2) is 23.1 Å². The lowest BCUT2D eigenvalue weighted by Crippen LogP contribution is -2.09. The molecule has 0 fully saturated rings. The fraction of sp³-hybridized carbons (Fsp3) is 0.286. The molecule has 0 amide bonds. The van der Waals surface area contributed by atoms with E-state index in [1.54, 1.807) is 24.1 Å². The standard InChI is InChI=1S/C14H15FN2O2S/c1-3-5-11-12(13(18)19)20-14(16-11)17(2)10-7-4-6-9(15)8-10/h4,6-8H,3,5H2,1-2H3,(H,18,19). The van der Waals surface area contributed by atoms with Crippen molar-refractivity contribution in [3.8, 4) is 0 Å². The van der Waals surface area contributed by atoms with Gasteiger partial charge in [0.1, 0.15) is 10.7 Å². The summed E-state index contributed by atoms with van der Waals surface area (Å²) in [6.45, 7) is 1.97. The molecule has 2 rings (SSSR count). The minimum atomic E-state index is -0.968. The van der Waals surface area contributed by atoms with Crippen molar-refractivity contribution in [2.75, 3.05) is 11.9 Å². The summed E-state index contributed by atoms with van der Waals surface area (Å²) in [6, 6.07) is 6.12. The van der Waals surface area contributed by atoms with Gasteiger partial charge in [-0.1, -0.05) is 30.7 Å². The van der Waals surface area contributed by atoms with Gasteiger partial charge in [-0.2, -0.15) is 0 Å². The molecular weight excluding hydrogens is 279 g/mol. The van der Waals surface area contributed by atoms with E-state index in [0.29, 0.717) is 22.9 Å². The number of benzene rings is 1. The van der Waals surface area contributed by atoms with Crippen molar-refractivity contribution in [1.82, 2.24) is 4.98 Å². The normalized spacial score (nSPS) is 10.6. The Morgan fingerprint density at radius 3 is 2.85 bits per heavy atom. The molecule has 1 heterocycles. The summed E-state index contributed by atoms with van der Waals surface area (Å²) in [5.74, 6) is -1.30. The van der Waals surface area contributed by atoms with Crippen molar-refractivity contribution in [3.05, 3.63) is 40.7 Å². The Morgan fingerprint density at radius 1 is 1.50 bits per heavy atom. The second kappa shape index (κ2) is 6.00. The van der Waals surface area contributed by atoms with Crippen LogP contribution < -0.4 is 4.90 Å². The summed E-state index contributed by atoms with van der Waals surface area (Å²) >= 11 is 1.11. The van der Waals surface area contributed by atoms with Gasteiger partial charge in [-0.15, -0.1) is 0 Å². The Bertz CT molecular complexity index is 627. The van der Waals surface area contributed by atoms with Crippen LogP contribution in [0.15, 0.2) is 24.3 Å². The molecule has 0 saturated heterocycles. The van der Waals surface area contributed by atoms with Crippen LogP contribution >= 0.6 is 11.3 Å². The number of carboxylic acid groups (broad SMARTS) is 1. The van der Waals surface area contributed by atoms with Crippen molar-refractivity contribution < 1.29 is 14.3 Å². The lowest BCUT2D eigenvalue weighted by Gasteiger charge is -2.15. The second-order valence-electron chi connectivity index (χ2n) is 4.37. The number of aromatic carboxylic acids is 1. The second-order valence-corrected chi connectivity index (χ2v) is 5.34. The largest absolute Gasteiger partial charge is 0.477 e. The number of aromatic nitrogens is 1. The number of hydrogen-bond donors (Lipinski definition) is 1. The van der Waals surface area contributed by atoms with Gasteiger partial charge in [0.2, 0.25) is 0 Å². The summed E-state index contributed by atoms with van der Waals surface area (Å²) in [5, 5.41) is 9.75. The molecule has 0 aliphatic carbocycles. The maximum atomic E-state index is 13.2. The van der Waals surface area contributed by atoms with Crippen LogP contribution in [0, 0.1) is 5.82 Å². The molecule has 2 aromatic rings. The van der Waals surface area contributed by atoms with Crippen molar-refractivity contribution in [2.24, 2.45) is 0 Å². The topological polar surface area (TPSA) is 53.4 Å². The Hall–Kier alpha value is -1.95. The number of nitrogens with zero attached hydrogens (tertiary/aromatic N) is 2. The molecule has 1 N–H and O–H groups in total. The highest BCUT2D eigenvalue weighted by Crippen LogP contribution is 2.31. The van der Waals surface area contributed by atoms with E-state index in [4.69, 9.17) is 0 Å². The van der Waals surface area contributed by atoms with Crippen LogP contribution in [0.1, 0.15) is 28.7 Å². The monoisotopic (exact) mass is 294 g/mol. The van der Waals surface area contributed by atoms with E-state index in [1.807, 2.05) is 6.92 Å².